The van der Waals surface area contributed by atoms with Gasteiger partial charge in [-0.3, -0.25) is 0 Å². The number of nitrogens with zero attached hydrogens (tertiary/aromatic N) is 1. The summed E-state index contributed by atoms with van der Waals surface area (Å²) in [4.78, 5) is 2.62. The predicted molar refractivity (Wildman–Crippen MR) is 58.0 cm³/mol. The standard InChI is InChI=1S/C11H24N2/c1-3-5-11-6-9-13(10-11)8-4-7-12-2/h11-12H,3-10H2,1-2H3. The van der Waals surface area contributed by atoms with Crippen molar-refractivity contribution in [2.75, 3.05) is 33.2 Å². The van der Waals surface area contributed by atoms with Gasteiger partial charge in [0, 0.05) is 6.54 Å². The van der Waals surface area contributed by atoms with Crippen molar-refractivity contribution in [3.8, 4) is 0 Å². The molecule has 0 bridgehead atoms. The lowest BCUT2D eigenvalue weighted by molar-refractivity contribution is 0.315. The zero-order chi connectivity index (χ0) is 9.52. The van der Waals surface area contributed by atoms with Crippen molar-refractivity contribution in [3.63, 3.8) is 0 Å². The lowest BCUT2D eigenvalue weighted by Gasteiger charge is -2.15. The van der Waals surface area contributed by atoms with E-state index in [2.05, 4.69) is 17.1 Å². The molecular formula is C11H24N2. The van der Waals surface area contributed by atoms with Crippen molar-refractivity contribution < 1.29 is 0 Å². The molecule has 78 valence electrons. The molecule has 2 nitrogen and oxygen atoms in total. The van der Waals surface area contributed by atoms with Crippen LogP contribution in [0.3, 0.4) is 0 Å². The number of likely N-dealkylation sites (tertiary alicyclic amines) is 1. The van der Waals surface area contributed by atoms with Crippen molar-refractivity contribution >= 4 is 0 Å². The van der Waals surface area contributed by atoms with Crippen molar-refractivity contribution in [2.24, 2.45) is 5.92 Å². The highest BCUT2D eigenvalue weighted by Gasteiger charge is 2.20. The molecule has 0 saturated carbocycles. The smallest absolute Gasteiger partial charge is 0.00101 e. The lowest BCUT2D eigenvalue weighted by Crippen LogP contribution is -2.24. The average molecular weight is 184 g/mol. The number of hydrogen-bond acceptors (Lipinski definition) is 2. The molecule has 13 heavy (non-hydrogen) atoms. The Balaban J connectivity index is 2.03. The second-order valence-corrected chi connectivity index (χ2v) is 4.20. The Morgan fingerprint density at radius 2 is 2.31 bits per heavy atom. The molecule has 1 rings (SSSR count). The van der Waals surface area contributed by atoms with Crippen molar-refractivity contribution in [2.45, 2.75) is 32.6 Å². The van der Waals surface area contributed by atoms with Gasteiger partial charge in [-0.25, -0.2) is 0 Å². The van der Waals surface area contributed by atoms with E-state index in [0.717, 1.165) is 12.5 Å². The van der Waals surface area contributed by atoms with Crippen LogP contribution < -0.4 is 5.32 Å². The van der Waals surface area contributed by atoms with Gasteiger partial charge in [0.2, 0.25) is 0 Å². The van der Waals surface area contributed by atoms with E-state index in [9.17, 15) is 0 Å². The molecule has 1 heterocycles. The quantitative estimate of drug-likeness (QED) is 0.632. The van der Waals surface area contributed by atoms with Gasteiger partial charge in [0.05, 0.1) is 0 Å². The summed E-state index contributed by atoms with van der Waals surface area (Å²) in [6, 6.07) is 0. The van der Waals surface area contributed by atoms with Crippen molar-refractivity contribution in [1.82, 2.24) is 10.2 Å². The van der Waals surface area contributed by atoms with E-state index in [0.29, 0.717) is 0 Å². The third-order valence-electron chi connectivity index (χ3n) is 2.97. The minimum Gasteiger partial charge on any atom is -0.320 e. The van der Waals surface area contributed by atoms with Gasteiger partial charge in [-0.05, 0) is 51.9 Å². The molecule has 2 heteroatoms. The molecule has 1 atom stereocenters. The SMILES string of the molecule is CCCC1CCN(CCCNC)C1. The highest BCUT2D eigenvalue weighted by Crippen LogP contribution is 2.20. The Kier molecular flexibility index (Phi) is 5.40. The van der Waals surface area contributed by atoms with Crippen LogP contribution in [0, 0.1) is 5.92 Å². The molecule has 1 aliphatic heterocycles. The summed E-state index contributed by atoms with van der Waals surface area (Å²) < 4.78 is 0. The van der Waals surface area contributed by atoms with Gasteiger partial charge >= 0.3 is 0 Å². The topological polar surface area (TPSA) is 15.3 Å². The molecule has 1 fully saturated rings. The fourth-order valence-corrected chi connectivity index (χ4v) is 2.24. The lowest BCUT2D eigenvalue weighted by atomic mass is 10.0. The minimum atomic E-state index is 1.000. The van der Waals surface area contributed by atoms with Crippen LogP contribution in [-0.4, -0.2) is 38.1 Å². The highest BCUT2D eigenvalue weighted by molar-refractivity contribution is 4.75. The molecule has 0 radical (unpaired) electrons. The van der Waals surface area contributed by atoms with Crippen LogP contribution in [0.15, 0.2) is 0 Å². The molecule has 0 spiro atoms. The Hall–Kier alpha value is -0.0800. The van der Waals surface area contributed by atoms with E-state index in [1.165, 1.54) is 45.3 Å². The van der Waals surface area contributed by atoms with E-state index in [1.54, 1.807) is 0 Å². The van der Waals surface area contributed by atoms with E-state index < -0.39 is 0 Å². The molecule has 0 aliphatic carbocycles. The third-order valence-corrected chi connectivity index (χ3v) is 2.97. The molecule has 0 amide bonds. The maximum Gasteiger partial charge on any atom is 0.00101 e. The summed E-state index contributed by atoms with van der Waals surface area (Å²) in [5, 5.41) is 3.20. The molecule has 0 aromatic heterocycles. The molecule has 0 aromatic rings. The van der Waals surface area contributed by atoms with Gasteiger partial charge in [-0.2, -0.15) is 0 Å². The second-order valence-electron chi connectivity index (χ2n) is 4.20. The Labute approximate surface area is 82.7 Å². The average Bonchev–Trinajstić information content (AvgIpc) is 2.54. The first-order valence-corrected chi connectivity index (χ1v) is 5.73. The normalized spacial score (nSPS) is 24.0. The third kappa shape index (κ3) is 4.10. The zero-order valence-corrected chi connectivity index (χ0v) is 9.18. The van der Waals surface area contributed by atoms with E-state index in [-0.39, 0.29) is 0 Å². The Morgan fingerprint density at radius 3 is 3.00 bits per heavy atom. The Bertz CT molecular complexity index is 125. The van der Waals surface area contributed by atoms with Crippen LogP contribution in [0.25, 0.3) is 0 Å². The monoisotopic (exact) mass is 184 g/mol. The summed E-state index contributed by atoms with van der Waals surface area (Å²) in [5.74, 6) is 1.000. The molecule has 1 saturated heterocycles. The first-order valence-electron chi connectivity index (χ1n) is 5.73. The van der Waals surface area contributed by atoms with Crippen LogP contribution in [0.1, 0.15) is 32.6 Å². The van der Waals surface area contributed by atoms with Crippen molar-refractivity contribution in [1.29, 1.82) is 0 Å². The summed E-state index contributed by atoms with van der Waals surface area (Å²) >= 11 is 0. The summed E-state index contributed by atoms with van der Waals surface area (Å²) in [5.41, 5.74) is 0. The number of nitrogens with one attached hydrogen (secondary N) is 1. The van der Waals surface area contributed by atoms with Crippen LogP contribution in [0.4, 0.5) is 0 Å². The van der Waals surface area contributed by atoms with Crippen molar-refractivity contribution in [3.05, 3.63) is 0 Å². The van der Waals surface area contributed by atoms with E-state index in [1.807, 2.05) is 7.05 Å². The number of hydrogen-bond donors (Lipinski definition) is 1. The fourth-order valence-electron chi connectivity index (χ4n) is 2.24. The van der Waals surface area contributed by atoms with Gasteiger partial charge in [0.1, 0.15) is 0 Å². The van der Waals surface area contributed by atoms with Crippen LogP contribution in [-0.2, 0) is 0 Å². The molecule has 1 N–H and O–H groups in total. The molecular weight excluding hydrogens is 160 g/mol. The summed E-state index contributed by atoms with van der Waals surface area (Å²) in [7, 11) is 2.03. The largest absolute Gasteiger partial charge is 0.320 e. The maximum atomic E-state index is 3.20. The van der Waals surface area contributed by atoms with Crippen LogP contribution in [0.5, 0.6) is 0 Å². The first kappa shape index (κ1) is 11.0. The molecule has 0 aromatic carbocycles. The van der Waals surface area contributed by atoms with Gasteiger partial charge in [-0.1, -0.05) is 13.3 Å². The van der Waals surface area contributed by atoms with E-state index >= 15 is 0 Å². The van der Waals surface area contributed by atoms with Crippen LogP contribution >= 0.6 is 0 Å². The second kappa shape index (κ2) is 6.39. The predicted octanol–water partition coefficient (Wildman–Crippen LogP) is 1.72. The highest BCUT2D eigenvalue weighted by atomic mass is 15.1. The van der Waals surface area contributed by atoms with Crippen LogP contribution in [0.2, 0.25) is 0 Å². The summed E-state index contributed by atoms with van der Waals surface area (Å²) in [6.07, 6.45) is 5.53. The van der Waals surface area contributed by atoms with Gasteiger partial charge in [0.15, 0.2) is 0 Å². The molecule has 1 unspecified atom stereocenters. The maximum absolute atomic E-state index is 3.20. The summed E-state index contributed by atoms with van der Waals surface area (Å²) in [6.45, 7) is 7.45. The fraction of sp³-hybridized carbons (Fsp3) is 1.00. The van der Waals surface area contributed by atoms with Gasteiger partial charge in [-0.15, -0.1) is 0 Å². The molecule has 1 aliphatic rings. The Morgan fingerprint density at radius 1 is 1.46 bits per heavy atom. The minimum absolute atomic E-state index is 1.000. The number of rotatable bonds is 6. The first-order chi connectivity index (χ1) is 6.36. The zero-order valence-electron chi connectivity index (χ0n) is 9.18. The van der Waals surface area contributed by atoms with Gasteiger partial charge in [0.25, 0.3) is 0 Å². The van der Waals surface area contributed by atoms with E-state index in [4.69, 9.17) is 0 Å². The van der Waals surface area contributed by atoms with Gasteiger partial charge < -0.3 is 10.2 Å².